The molecular formula is C14H13ClN4S. The van der Waals surface area contributed by atoms with E-state index in [9.17, 15) is 0 Å². The van der Waals surface area contributed by atoms with Crippen LogP contribution in [0.5, 0.6) is 0 Å². The van der Waals surface area contributed by atoms with Crippen molar-refractivity contribution in [3.8, 4) is 10.6 Å². The zero-order chi connectivity index (χ0) is 13.9. The van der Waals surface area contributed by atoms with Crippen molar-refractivity contribution in [1.29, 1.82) is 0 Å². The van der Waals surface area contributed by atoms with Crippen LogP contribution in [0.4, 0.5) is 5.69 Å². The Morgan fingerprint density at radius 1 is 1.40 bits per heavy atom. The normalized spacial score (nSPS) is 10.7. The van der Waals surface area contributed by atoms with Gasteiger partial charge in [-0.15, -0.1) is 11.3 Å². The van der Waals surface area contributed by atoms with Gasteiger partial charge in [0.25, 0.3) is 0 Å². The van der Waals surface area contributed by atoms with E-state index in [4.69, 9.17) is 11.6 Å². The molecule has 0 spiro atoms. The van der Waals surface area contributed by atoms with Crippen LogP contribution in [0.25, 0.3) is 10.6 Å². The Hall–Kier alpha value is -1.85. The maximum atomic E-state index is 6.08. The second kappa shape index (κ2) is 5.64. The second-order valence-electron chi connectivity index (χ2n) is 4.45. The summed E-state index contributed by atoms with van der Waals surface area (Å²) >= 11 is 7.77. The summed E-state index contributed by atoms with van der Waals surface area (Å²) in [6.45, 7) is 2.64. The van der Waals surface area contributed by atoms with Gasteiger partial charge in [0.2, 0.25) is 0 Å². The minimum Gasteiger partial charge on any atom is -0.378 e. The molecule has 3 rings (SSSR count). The molecule has 0 saturated heterocycles. The van der Waals surface area contributed by atoms with Gasteiger partial charge >= 0.3 is 0 Å². The van der Waals surface area contributed by atoms with Crippen LogP contribution in [0.1, 0.15) is 11.1 Å². The van der Waals surface area contributed by atoms with Gasteiger partial charge in [0.1, 0.15) is 0 Å². The summed E-state index contributed by atoms with van der Waals surface area (Å²) < 4.78 is 0. The van der Waals surface area contributed by atoms with Crippen molar-refractivity contribution >= 4 is 28.6 Å². The predicted octanol–water partition coefficient (Wildman–Crippen LogP) is 4.11. The van der Waals surface area contributed by atoms with Crippen molar-refractivity contribution in [3.63, 3.8) is 0 Å². The zero-order valence-corrected chi connectivity index (χ0v) is 12.4. The van der Waals surface area contributed by atoms with Crippen LogP contribution in [0.15, 0.2) is 36.0 Å². The molecular weight excluding hydrogens is 292 g/mol. The molecule has 0 fully saturated rings. The van der Waals surface area contributed by atoms with Crippen LogP contribution in [0.3, 0.4) is 0 Å². The summed E-state index contributed by atoms with van der Waals surface area (Å²) in [4.78, 5) is 5.31. The van der Waals surface area contributed by atoms with Crippen LogP contribution in [0, 0.1) is 6.92 Å². The number of anilines is 1. The van der Waals surface area contributed by atoms with Gasteiger partial charge in [-0.2, -0.15) is 5.10 Å². The molecule has 0 atom stereocenters. The van der Waals surface area contributed by atoms with Crippen molar-refractivity contribution in [2.24, 2.45) is 0 Å². The summed E-state index contributed by atoms with van der Waals surface area (Å²) in [5.41, 5.74) is 4.06. The SMILES string of the molecule is Cc1cnc(Cl)c(NCc2cn[nH]c2-c2cccs2)c1. The van der Waals surface area contributed by atoms with Crippen molar-refractivity contribution < 1.29 is 0 Å². The Balaban J connectivity index is 1.79. The molecule has 0 aliphatic heterocycles. The summed E-state index contributed by atoms with van der Waals surface area (Å²) in [7, 11) is 0. The topological polar surface area (TPSA) is 53.6 Å². The van der Waals surface area contributed by atoms with Crippen LogP contribution in [-0.4, -0.2) is 15.2 Å². The number of rotatable bonds is 4. The van der Waals surface area contributed by atoms with Crippen LogP contribution >= 0.6 is 22.9 Å². The molecule has 0 bridgehead atoms. The van der Waals surface area contributed by atoms with Gasteiger partial charge < -0.3 is 5.32 Å². The van der Waals surface area contributed by atoms with E-state index >= 15 is 0 Å². The molecule has 0 aliphatic rings. The van der Waals surface area contributed by atoms with Gasteiger partial charge in [-0.3, -0.25) is 5.10 Å². The lowest BCUT2D eigenvalue weighted by Crippen LogP contribution is -2.01. The molecule has 6 heteroatoms. The number of nitrogens with zero attached hydrogens (tertiary/aromatic N) is 2. The molecule has 0 aliphatic carbocycles. The van der Waals surface area contributed by atoms with Crippen LogP contribution < -0.4 is 5.32 Å². The summed E-state index contributed by atoms with van der Waals surface area (Å²) in [5.74, 6) is 0. The third-order valence-electron chi connectivity index (χ3n) is 2.93. The van der Waals surface area contributed by atoms with Crippen molar-refractivity contribution in [2.45, 2.75) is 13.5 Å². The van der Waals surface area contributed by atoms with E-state index in [0.717, 1.165) is 22.5 Å². The first-order chi connectivity index (χ1) is 9.74. The predicted molar refractivity (Wildman–Crippen MR) is 83.2 cm³/mol. The minimum atomic E-state index is 0.483. The largest absolute Gasteiger partial charge is 0.378 e. The maximum absolute atomic E-state index is 6.08. The van der Waals surface area contributed by atoms with Gasteiger partial charge in [0.05, 0.1) is 22.5 Å². The van der Waals surface area contributed by atoms with Crippen molar-refractivity contribution in [1.82, 2.24) is 15.2 Å². The number of halogens is 1. The van der Waals surface area contributed by atoms with Gasteiger partial charge in [0, 0.05) is 18.3 Å². The number of H-pyrrole nitrogens is 1. The summed E-state index contributed by atoms with van der Waals surface area (Å²) in [6, 6.07) is 6.09. The highest BCUT2D eigenvalue weighted by molar-refractivity contribution is 7.13. The monoisotopic (exact) mass is 304 g/mol. The third kappa shape index (κ3) is 2.69. The fraction of sp³-hybridized carbons (Fsp3) is 0.143. The van der Waals surface area contributed by atoms with E-state index in [1.54, 1.807) is 17.5 Å². The number of aromatic nitrogens is 3. The highest BCUT2D eigenvalue weighted by Gasteiger charge is 2.09. The van der Waals surface area contributed by atoms with E-state index in [1.807, 2.05) is 25.3 Å². The highest BCUT2D eigenvalue weighted by Crippen LogP contribution is 2.27. The number of hydrogen-bond donors (Lipinski definition) is 2. The summed E-state index contributed by atoms with van der Waals surface area (Å²) in [6.07, 6.45) is 3.58. The molecule has 0 aromatic carbocycles. The summed E-state index contributed by atoms with van der Waals surface area (Å²) in [5, 5.41) is 13.0. The first-order valence-corrected chi connectivity index (χ1v) is 7.42. The van der Waals surface area contributed by atoms with E-state index < -0.39 is 0 Å². The van der Waals surface area contributed by atoms with Gasteiger partial charge in [-0.05, 0) is 30.0 Å². The number of aryl methyl sites for hydroxylation is 1. The molecule has 0 saturated carbocycles. The molecule has 0 radical (unpaired) electrons. The molecule has 2 N–H and O–H groups in total. The zero-order valence-electron chi connectivity index (χ0n) is 10.9. The fourth-order valence-electron chi connectivity index (χ4n) is 1.95. The van der Waals surface area contributed by atoms with Crippen molar-refractivity contribution in [3.05, 3.63) is 52.3 Å². The molecule has 102 valence electrons. The van der Waals surface area contributed by atoms with E-state index in [-0.39, 0.29) is 0 Å². The van der Waals surface area contributed by atoms with Gasteiger partial charge in [0.15, 0.2) is 5.15 Å². The molecule has 3 heterocycles. The van der Waals surface area contributed by atoms with Crippen molar-refractivity contribution in [2.75, 3.05) is 5.32 Å². The van der Waals surface area contributed by atoms with Crippen LogP contribution in [0.2, 0.25) is 5.15 Å². The number of aromatic amines is 1. The standard InChI is InChI=1S/C14H13ClN4S/c1-9-5-11(14(15)17-6-9)16-7-10-8-18-19-13(10)12-3-2-4-20-12/h2-6,8,16H,7H2,1H3,(H,18,19). The molecule has 4 nitrogen and oxygen atoms in total. The average Bonchev–Trinajstić information content (AvgIpc) is 3.09. The Kier molecular flexibility index (Phi) is 3.71. The quantitative estimate of drug-likeness (QED) is 0.713. The Morgan fingerprint density at radius 3 is 3.10 bits per heavy atom. The van der Waals surface area contributed by atoms with Gasteiger partial charge in [-0.1, -0.05) is 17.7 Å². The lowest BCUT2D eigenvalue weighted by atomic mass is 10.2. The number of hydrogen-bond acceptors (Lipinski definition) is 4. The molecule has 0 unspecified atom stereocenters. The maximum Gasteiger partial charge on any atom is 0.152 e. The third-order valence-corrected chi connectivity index (χ3v) is 4.12. The van der Waals surface area contributed by atoms with Crippen LogP contribution in [-0.2, 0) is 6.54 Å². The Bertz CT molecular complexity index is 706. The Morgan fingerprint density at radius 2 is 2.30 bits per heavy atom. The Labute approximate surface area is 125 Å². The molecule has 0 amide bonds. The lowest BCUT2D eigenvalue weighted by Gasteiger charge is -2.08. The first kappa shape index (κ1) is 13.1. The average molecular weight is 305 g/mol. The number of thiophene rings is 1. The highest BCUT2D eigenvalue weighted by atomic mass is 35.5. The fourth-order valence-corrected chi connectivity index (χ4v) is 2.87. The van der Waals surface area contributed by atoms with Gasteiger partial charge in [-0.25, -0.2) is 4.98 Å². The smallest absolute Gasteiger partial charge is 0.152 e. The minimum absolute atomic E-state index is 0.483. The first-order valence-electron chi connectivity index (χ1n) is 6.16. The number of nitrogens with one attached hydrogen (secondary N) is 2. The van der Waals surface area contributed by atoms with E-state index in [0.29, 0.717) is 11.7 Å². The number of pyridine rings is 1. The molecule has 3 aromatic heterocycles. The molecule has 20 heavy (non-hydrogen) atoms. The molecule has 3 aromatic rings. The van der Waals surface area contributed by atoms with E-state index in [2.05, 4.69) is 31.9 Å². The second-order valence-corrected chi connectivity index (χ2v) is 5.76. The van der Waals surface area contributed by atoms with E-state index in [1.165, 1.54) is 4.88 Å². The lowest BCUT2D eigenvalue weighted by molar-refractivity contribution is 1.10.